The number of hydrogen-bond donors (Lipinski definition) is 1. The summed E-state index contributed by atoms with van der Waals surface area (Å²) in [6.07, 6.45) is 0. The van der Waals surface area contributed by atoms with Crippen LogP contribution in [0.2, 0.25) is 0 Å². The summed E-state index contributed by atoms with van der Waals surface area (Å²) in [4.78, 5) is 14.2. The summed E-state index contributed by atoms with van der Waals surface area (Å²) in [7, 11) is -2.05. The highest BCUT2D eigenvalue weighted by Crippen LogP contribution is 2.21. The lowest BCUT2D eigenvalue weighted by atomic mass is 10.3. The van der Waals surface area contributed by atoms with Gasteiger partial charge < -0.3 is 9.64 Å². The van der Waals surface area contributed by atoms with Crippen LogP contribution in [-0.2, 0) is 10.0 Å². The number of ether oxygens (including phenoxy) is 1. The Morgan fingerprint density at radius 3 is 2.32 bits per heavy atom. The number of carbonyl (C=O) groups is 1. The molecule has 1 aliphatic heterocycles. The maximum atomic E-state index is 12.7. The number of carbonyl (C=O) groups excluding carboxylic acids is 1. The molecule has 0 atom stereocenters. The second kappa shape index (κ2) is 6.85. The van der Waals surface area contributed by atoms with Gasteiger partial charge in [0.2, 0.25) is 10.0 Å². The first kappa shape index (κ1) is 17.4. The molecule has 1 N–H and O–H groups in total. The maximum absolute atomic E-state index is 12.7. The molecule has 1 amide bonds. The molecular formula is C16H20N4O4S. The number of rotatable bonds is 4. The minimum atomic E-state index is -3.58. The fraction of sp³-hybridized carbons (Fsp3) is 0.375. The Balaban J connectivity index is 1.67. The van der Waals surface area contributed by atoms with Gasteiger partial charge in [-0.15, -0.1) is 0 Å². The van der Waals surface area contributed by atoms with Gasteiger partial charge in [-0.25, -0.2) is 8.42 Å². The zero-order chi connectivity index (χ0) is 18.0. The Morgan fingerprint density at radius 2 is 1.80 bits per heavy atom. The zero-order valence-corrected chi connectivity index (χ0v) is 14.9. The number of piperazine rings is 1. The van der Waals surface area contributed by atoms with Crippen molar-refractivity contribution in [3.8, 4) is 5.75 Å². The number of hydrogen-bond acceptors (Lipinski definition) is 5. The van der Waals surface area contributed by atoms with Crippen molar-refractivity contribution in [3.63, 3.8) is 0 Å². The van der Waals surface area contributed by atoms with Gasteiger partial charge in [-0.05, 0) is 37.3 Å². The lowest BCUT2D eigenvalue weighted by Crippen LogP contribution is -2.50. The molecule has 0 unspecified atom stereocenters. The molecule has 8 nitrogen and oxygen atoms in total. The molecule has 0 radical (unpaired) electrons. The summed E-state index contributed by atoms with van der Waals surface area (Å²) >= 11 is 0. The van der Waals surface area contributed by atoms with Crippen LogP contribution in [0.3, 0.4) is 0 Å². The monoisotopic (exact) mass is 364 g/mol. The van der Waals surface area contributed by atoms with Crippen molar-refractivity contribution in [3.05, 3.63) is 41.7 Å². The lowest BCUT2D eigenvalue weighted by molar-refractivity contribution is 0.0692. The van der Waals surface area contributed by atoms with Crippen molar-refractivity contribution in [1.29, 1.82) is 0 Å². The number of sulfonamides is 1. The van der Waals surface area contributed by atoms with E-state index in [2.05, 4.69) is 10.2 Å². The van der Waals surface area contributed by atoms with Crippen LogP contribution in [0.4, 0.5) is 0 Å². The number of nitrogens with zero attached hydrogens (tertiary/aromatic N) is 3. The number of nitrogens with one attached hydrogen (secondary N) is 1. The largest absolute Gasteiger partial charge is 0.497 e. The molecule has 1 fully saturated rings. The molecule has 1 aromatic carbocycles. The first-order valence-electron chi connectivity index (χ1n) is 7.87. The van der Waals surface area contributed by atoms with Gasteiger partial charge in [-0.2, -0.15) is 9.40 Å². The van der Waals surface area contributed by atoms with Crippen LogP contribution in [0.1, 0.15) is 16.2 Å². The van der Waals surface area contributed by atoms with Gasteiger partial charge in [0.1, 0.15) is 11.4 Å². The molecule has 0 saturated carbocycles. The van der Waals surface area contributed by atoms with E-state index in [1.54, 1.807) is 23.1 Å². The third-order valence-corrected chi connectivity index (χ3v) is 6.06. The molecule has 0 bridgehead atoms. The van der Waals surface area contributed by atoms with Crippen molar-refractivity contribution < 1.29 is 17.9 Å². The Morgan fingerprint density at radius 1 is 1.16 bits per heavy atom. The van der Waals surface area contributed by atoms with Gasteiger partial charge in [-0.3, -0.25) is 9.89 Å². The third kappa shape index (κ3) is 3.52. The molecule has 3 rings (SSSR count). The molecule has 2 aromatic rings. The van der Waals surface area contributed by atoms with E-state index in [0.29, 0.717) is 24.5 Å². The standard InChI is InChI=1S/C16H20N4O4S/c1-12-11-15(18-17-12)16(21)19-7-9-20(10-8-19)25(22,23)14-5-3-13(24-2)4-6-14/h3-6,11H,7-10H2,1-2H3,(H,17,18). The average Bonchev–Trinajstić information content (AvgIpc) is 3.07. The fourth-order valence-electron chi connectivity index (χ4n) is 2.72. The predicted molar refractivity (Wildman–Crippen MR) is 91.0 cm³/mol. The molecule has 0 spiro atoms. The minimum Gasteiger partial charge on any atom is -0.497 e. The Hall–Kier alpha value is -2.39. The number of aromatic nitrogens is 2. The van der Waals surface area contributed by atoms with E-state index >= 15 is 0 Å². The molecule has 9 heteroatoms. The summed E-state index contributed by atoms with van der Waals surface area (Å²) in [6.45, 7) is 3.00. The van der Waals surface area contributed by atoms with Crippen molar-refractivity contribution in [2.75, 3.05) is 33.3 Å². The normalized spacial score (nSPS) is 16.0. The van der Waals surface area contributed by atoms with Crippen molar-refractivity contribution in [1.82, 2.24) is 19.4 Å². The molecular weight excluding hydrogens is 344 g/mol. The molecule has 1 aliphatic rings. The second-order valence-electron chi connectivity index (χ2n) is 5.81. The third-order valence-electron chi connectivity index (χ3n) is 4.15. The van der Waals surface area contributed by atoms with Crippen LogP contribution >= 0.6 is 0 Å². The van der Waals surface area contributed by atoms with Crippen LogP contribution in [0.15, 0.2) is 35.2 Å². The van der Waals surface area contributed by atoms with E-state index in [0.717, 1.165) is 5.69 Å². The van der Waals surface area contributed by atoms with Gasteiger partial charge in [0.05, 0.1) is 12.0 Å². The number of aryl methyl sites for hydroxylation is 1. The van der Waals surface area contributed by atoms with E-state index in [1.165, 1.54) is 23.5 Å². The fourth-order valence-corrected chi connectivity index (χ4v) is 4.14. The van der Waals surface area contributed by atoms with E-state index in [9.17, 15) is 13.2 Å². The molecule has 1 aromatic heterocycles. The Labute approximate surface area is 146 Å². The Bertz CT molecular complexity index is 853. The molecule has 0 aliphatic carbocycles. The van der Waals surface area contributed by atoms with Gasteiger partial charge in [0.25, 0.3) is 5.91 Å². The predicted octanol–water partition coefficient (Wildman–Crippen LogP) is 0.873. The lowest BCUT2D eigenvalue weighted by Gasteiger charge is -2.33. The van der Waals surface area contributed by atoms with Gasteiger partial charge in [-0.1, -0.05) is 0 Å². The highest BCUT2D eigenvalue weighted by molar-refractivity contribution is 7.89. The Kier molecular flexibility index (Phi) is 4.78. The first-order chi connectivity index (χ1) is 11.9. The number of amides is 1. The van der Waals surface area contributed by atoms with E-state index in [-0.39, 0.29) is 23.9 Å². The molecule has 1 saturated heterocycles. The average molecular weight is 364 g/mol. The SMILES string of the molecule is COc1ccc(S(=O)(=O)N2CCN(C(=O)c3cc(C)[nH]n3)CC2)cc1. The first-order valence-corrected chi connectivity index (χ1v) is 9.31. The van der Waals surface area contributed by atoms with Gasteiger partial charge >= 0.3 is 0 Å². The van der Waals surface area contributed by atoms with Crippen molar-refractivity contribution in [2.45, 2.75) is 11.8 Å². The molecule has 25 heavy (non-hydrogen) atoms. The minimum absolute atomic E-state index is 0.189. The van der Waals surface area contributed by atoms with Crippen LogP contribution in [0.25, 0.3) is 0 Å². The van der Waals surface area contributed by atoms with Crippen LogP contribution < -0.4 is 4.74 Å². The number of H-pyrrole nitrogens is 1. The summed E-state index contributed by atoms with van der Waals surface area (Å²) in [6, 6.07) is 7.97. The van der Waals surface area contributed by atoms with Crippen molar-refractivity contribution >= 4 is 15.9 Å². The number of benzene rings is 1. The highest BCUT2D eigenvalue weighted by Gasteiger charge is 2.31. The van der Waals surface area contributed by atoms with Crippen LogP contribution in [0.5, 0.6) is 5.75 Å². The smallest absolute Gasteiger partial charge is 0.274 e. The van der Waals surface area contributed by atoms with E-state index in [4.69, 9.17) is 4.74 Å². The molecule has 2 heterocycles. The van der Waals surface area contributed by atoms with Gasteiger partial charge in [0.15, 0.2) is 0 Å². The van der Waals surface area contributed by atoms with Crippen LogP contribution in [0, 0.1) is 6.92 Å². The summed E-state index contributed by atoms with van der Waals surface area (Å²) < 4.78 is 31.8. The molecule has 134 valence electrons. The van der Waals surface area contributed by atoms with Gasteiger partial charge in [0, 0.05) is 31.9 Å². The van der Waals surface area contributed by atoms with E-state index < -0.39 is 10.0 Å². The summed E-state index contributed by atoms with van der Waals surface area (Å²) in [5, 5.41) is 6.70. The number of aromatic amines is 1. The highest BCUT2D eigenvalue weighted by atomic mass is 32.2. The zero-order valence-electron chi connectivity index (χ0n) is 14.1. The van der Waals surface area contributed by atoms with Crippen molar-refractivity contribution in [2.24, 2.45) is 0 Å². The van der Waals surface area contributed by atoms with Crippen LogP contribution in [-0.4, -0.2) is 67.0 Å². The topological polar surface area (TPSA) is 95.6 Å². The summed E-state index contributed by atoms with van der Waals surface area (Å²) in [5.74, 6) is 0.412. The number of methoxy groups -OCH3 is 1. The quantitative estimate of drug-likeness (QED) is 0.869. The maximum Gasteiger partial charge on any atom is 0.274 e. The summed E-state index contributed by atoms with van der Waals surface area (Å²) in [5.41, 5.74) is 1.16. The second-order valence-corrected chi connectivity index (χ2v) is 7.75. The van der Waals surface area contributed by atoms with E-state index in [1.807, 2.05) is 6.92 Å².